The molecule has 0 bridgehead atoms. The zero-order valence-corrected chi connectivity index (χ0v) is 13.8. The minimum atomic E-state index is 0.0642. The lowest BCUT2D eigenvalue weighted by molar-refractivity contribution is -0.122. The molecule has 0 saturated carbocycles. The zero-order chi connectivity index (χ0) is 15.9. The Hall–Kier alpha value is -1.85. The lowest BCUT2D eigenvalue weighted by Crippen LogP contribution is -2.42. The molecule has 5 heteroatoms. The summed E-state index contributed by atoms with van der Waals surface area (Å²) in [6, 6.07) is 16.3. The number of aromatic nitrogens is 1. The van der Waals surface area contributed by atoms with Crippen LogP contribution >= 0.6 is 11.8 Å². The summed E-state index contributed by atoms with van der Waals surface area (Å²) in [5.41, 5.74) is 2.23. The van der Waals surface area contributed by atoms with Gasteiger partial charge in [-0.15, -0.1) is 0 Å². The van der Waals surface area contributed by atoms with Crippen LogP contribution in [0.1, 0.15) is 16.5 Å². The Bertz CT molecular complexity index is 621. The summed E-state index contributed by atoms with van der Waals surface area (Å²) in [6.45, 7) is 2.83. The van der Waals surface area contributed by atoms with Crippen LogP contribution in [0.2, 0.25) is 0 Å². The molecule has 1 fully saturated rings. The van der Waals surface area contributed by atoms with E-state index in [1.807, 2.05) is 36.0 Å². The Kier molecular flexibility index (Phi) is 5.66. The number of thioether (sulfide) groups is 1. The quantitative estimate of drug-likeness (QED) is 0.916. The highest BCUT2D eigenvalue weighted by molar-refractivity contribution is 7.99. The first-order valence-corrected chi connectivity index (χ1v) is 8.91. The fraction of sp³-hybridized carbons (Fsp3) is 0.333. The molecule has 2 heterocycles. The Balaban J connectivity index is 1.48. The topological polar surface area (TPSA) is 45.2 Å². The Morgan fingerprint density at radius 2 is 2.04 bits per heavy atom. The summed E-state index contributed by atoms with van der Waals surface area (Å²) in [4.78, 5) is 18.6. The Morgan fingerprint density at radius 3 is 2.83 bits per heavy atom. The van der Waals surface area contributed by atoms with E-state index in [2.05, 4.69) is 39.5 Å². The highest BCUT2D eigenvalue weighted by Gasteiger charge is 2.23. The van der Waals surface area contributed by atoms with Gasteiger partial charge in [-0.1, -0.05) is 36.4 Å². The van der Waals surface area contributed by atoms with Crippen LogP contribution in [0.25, 0.3) is 0 Å². The number of nitrogens with zero attached hydrogens (tertiary/aromatic N) is 2. The summed E-state index contributed by atoms with van der Waals surface area (Å²) in [7, 11) is 0. The Labute approximate surface area is 141 Å². The van der Waals surface area contributed by atoms with E-state index in [1.165, 1.54) is 5.56 Å². The van der Waals surface area contributed by atoms with Gasteiger partial charge in [-0.3, -0.25) is 14.7 Å². The van der Waals surface area contributed by atoms with Crippen LogP contribution in [-0.4, -0.2) is 41.2 Å². The lowest BCUT2D eigenvalue weighted by Gasteiger charge is -2.32. The molecule has 0 radical (unpaired) electrons. The fourth-order valence-corrected chi connectivity index (χ4v) is 3.98. The second-order valence-electron chi connectivity index (χ2n) is 5.60. The van der Waals surface area contributed by atoms with Crippen molar-refractivity contribution in [1.82, 2.24) is 15.2 Å². The van der Waals surface area contributed by atoms with Gasteiger partial charge in [-0.2, -0.15) is 11.8 Å². The molecule has 1 aliphatic heterocycles. The van der Waals surface area contributed by atoms with E-state index in [0.717, 1.165) is 24.5 Å². The van der Waals surface area contributed by atoms with Crippen LogP contribution in [0, 0.1) is 0 Å². The monoisotopic (exact) mass is 327 g/mol. The second kappa shape index (κ2) is 8.13. The number of benzene rings is 1. The molecule has 1 amide bonds. The van der Waals surface area contributed by atoms with Crippen LogP contribution in [0.3, 0.4) is 0 Å². The van der Waals surface area contributed by atoms with E-state index in [1.54, 1.807) is 6.20 Å². The largest absolute Gasteiger partial charge is 0.349 e. The molecule has 120 valence electrons. The van der Waals surface area contributed by atoms with Gasteiger partial charge >= 0.3 is 0 Å². The van der Waals surface area contributed by atoms with Crippen LogP contribution in [0.4, 0.5) is 0 Å². The summed E-state index contributed by atoms with van der Waals surface area (Å²) in [5.74, 6) is 1.13. The summed E-state index contributed by atoms with van der Waals surface area (Å²) >= 11 is 1.97. The normalized spacial score (nSPS) is 18.5. The van der Waals surface area contributed by atoms with Crippen molar-refractivity contribution in [3.8, 4) is 0 Å². The lowest BCUT2D eigenvalue weighted by atomic mass is 10.1. The third-order valence-corrected chi connectivity index (χ3v) is 5.12. The molecule has 4 nitrogen and oxygen atoms in total. The van der Waals surface area contributed by atoms with Crippen molar-refractivity contribution in [1.29, 1.82) is 0 Å². The van der Waals surface area contributed by atoms with Crippen molar-refractivity contribution in [2.24, 2.45) is 0 Å². The molecule has 0 aliphatic carbocycles. The van der Waals surface area contributed by atoms with Gasteiger partial charge in [-0.05, 0) is 17.7 Å². The molecule has 1 aromatic carbocycles. The highest BCUT2D eigenvalue weighted by Crippen LogP contribution is 2.32. The highest BCUT2D eigenvalue weighted by atomic mass is 32.2. The Morgan fingerprint density at radius 1 is 1.22 bits per heavy atom. The van der Waals surface area contributed by atoms with Gasteiger partial charge < -0.3 is 5.32 Å². The minimum absolute atomic E-state index is 0.0642. The van der Waals surface area contributed by atoms with Gasteiger partial charge in [0.05, 0.1) is 18.8 Å². The van der Waals surface area contributed by atoms with Crippen LogP contribution < -0.4 is 5.32 Å². The van der Waals surface area contributed by atoms with Crippen molar-refractivity contribution >= 4 is 17.7 Å². The standard InChI is InChI=1S/C18H21N3OS/c22-18(20-12-16-8-4-5-9-19-16)14-21-10-11-23-17(13-21)15-6-2-1-3-7-15/h1-9,17H,10-14H2,(H,20,22)/t17-/m0/s1. The molecule has 2 aromatic rings. The maximum absolute atomic E-state index is 12.1. The molecule has 23 heavy (non-hydrogen) atoms. The molecule has 0 spiro atoms. The number of hydrogen-bond acceptors (Lipinski definition) is 4. The maximum Gasteiger partial charge on any atom is 0.234 e. The SMILES string of the molecule is O=C(CN1CCS[C@H](c2ccccc2)C1)NCc1ccccn1. The molecule has 3 rings (SSSR count). The molecular formula is C18H21N3OS. The van der Waals surface area contributed by atoms with Crippen molar-refractivity contribution in [2.45, 2.75) is 11.8 Å². The van der Waals surface area contributed by atoms with Gasteiger partial charge in [0.2, 0.25) is 5.91 Å². The average Bonchev–Trinajstić information content (AvgIpc) is 2.62. The fourth-order valence-electron chi connectivity index (χ4n) is 2.67. The van der Waals surface area contributed by atoms with E-state index in [9.17, 15) is 4.79 Å². The molecule has 1 aliphatic rings. The molecule has 1 N–H and O–H groups in total. The number of hydrogen-bond donors (Lipinski definition) is 1. The van der Waals surface area contributed by atoms with Gasteiger partial charge in [-0.25, -0.2) is 0 Å². The predicted molar refractivity (Wildman–Crippen MR) is 94.2 cm³/mol. The summed E-state index contributed by atoms with van der Waals surface area (Å²) in [6.07, 6.45) is 1.74. The summed E-state index contributed by atoms with van der Waals surface area (Å²) in [5, 5.41) is 3.40. The molecule has 1 atom stereocenters. The number of pyridine rings is 1. The molecule has 1 aromatic heterocycles. The first-order chi connectivity index (χ1) is 11.3. The number of amides is 1. The van der Waals surface area contributed by atoms with Crippen molar-refractivity contribution < 1.29 is 4.79 Å². The third-order valence-electron chi connectivity index (χ3n) is 3.88. The molecule has 1 saturated heterocycles. The van der Waals surface area contributed by atoms with Crippen LogP contribution in [0.15, 0.2) is 54.7 Å². The van der Waals surface area contributed by atoms with E-state index in [-0.39, 0.29) is 5.91 Å². The van der Waals surface area contributed by atoms with E-state index < -0.39 is 0 Å². The predicted octanol–water partition coefficient (Wildman–Crippen LogP) is 2.49. The van der Waals surface area contributed by atoms with Gasteiger partial charge in [0.1, 0.15) is 0 Å². The third kappa shape index (κ3) is 4.81. The van der Waals surface area contributed by atoms with Crippen molar-refractivity contribution in [2.75, 3.05) is 25.4 Å². The van der Waals surface area contributed by atoms with Crippen molar-refractivity contribution in [3.63, 3.8) is 0 Å². The number of nitrogens with one attached hydrogen (secondary N) is 1. The number of carbonyl (C=O) groups is 1. The average molecular weight is 327 g/mol. The second-order valence-corrected chi connectivity index (χ2v) is 6.91. The zero-order valence-electron chi connectivity index (χ0n) is 13.0. The van der Waals surface area contributed by atoms with Gasteiger partial charge in [0.15, 0.2) is 0 Å². The molecular weight excluding hydrogens is 306 g/mol. The van der Waals surface area contributed by atoms with Gasteiger partial charge in [0.25, 0.3) is 0 Å². The van der Waals surface area contributed by atoms with Crippen LogP contribution in [-0.2, 0) is 11.3 Å². The van der Waals surface area contributed by atoms with Crippen molar-refractivity contribution in [3.05, 3.63) is 66.0 Å². The minimum Gasteiger partial charge on any atom is -0.349 e. The number of rotatable bonds is 5. The summed E-state index contributed by atoms with van der Waals surface area (Å²) < 4.78 is 0. The van der Waals surface area contributed by atoms with Crippen LogP contribution in [0.5, 0.6) is 0 Å². The molecule has 0 unspecified atom stereocenters. The first-order valence-electron chi connectivity index (χ1n) is 7.87. The van der Waals surface area contributed by atoms with E-state index >= 15 is 0 Å². The maximum atomic E-state index is 12.1. The van der Waals surface area contributed by atoms with E-state index in [4.69, 9.17) is 0 Å². The van der Waals surface area contributed by atoms with Gasteiger partial charge in [0, 0.05) is 30.3 Å². The van der Waals surface area contributed by atoms with E-state index in [0.29, 0.717) is 18.3 Å². The smallest absolute Gasteiger partial charge is 0.234 e. The first kappa shape index (κ1) is 16.0. The number of carbonyl (C=O) groups excluding carboxylic acids is 1.